The molecule has 0 amide bonds. The van der Waals surface area contributed by atoms with Crippen molar-refractivity contribution in [1.29, 1.82) is 0 Å². The number of nitrogens with one attached hydrogen (secondary N) is 1. The molecule has 3 nitrogen and oxygen atoms in total. The van der Waals surface area contributed by atoms with Gasteiger partial charge in [0.2, 0.25) is 0 Å². The van der Waals surface area contributed by atoms with E-state index >= 15 is 0 Å². The van der Waals surface area contributed by atoms with E-state index in [4.69, 9.17) is 0 Å². The fourth-order valence-electron chi connectivity index (χ4n) is 1.99. The molecule has 0 saturated heterocycles. The summed E-state index contributed by atoms with van der Waals surface area (Å²) in [5.41, 5.74) is 2.51. The Balaban J connectivity index is -0.000000902. The molecule has 2 aromatic rings. The molecule has 0 radical (unpaired) electrons. The number of likely N-dealkylation sites (N-methyl/N-ethyl adjacent to an activating group) is 1. The number of aryl methyl sites for hydroxylation is 2. The minimum absolute atomic E-state index is 0. The van der Waals surface area contributed by atoms with Crippen LogP contribution >= 0.6 is 37.2 Å². The second kappa shape index (κ2) is 15.3. The summed E-state index contributed by atoms with van der Waals surface area (Å²) >= 11 is 0. The Morgan fingerprint density at radius 1 is 1.00 bits per heavy atom. The minimum atomic E-state index is 0. The maximum atomic E-state index is 4.36. The molecule has 0 bridgehead atoms. The van der Waals surface area contributed by atoms with Crippen LogP contribution in [-0.2, 0) is 19.4 Å². The zero-order valence-corrected chi connectivity index (χ0v) is 15.6. The van der Waals surface area contributed by atoms with Gasteiger partial charge in [0.05, 0.1) is 0 Å². The summed E-state index contributed by atoms with van der Waals surface area (Å²) in [6, 6.07) is 12.5. The fraction of sp³-hybridized carbons (Fsp3) is 0.333. The normalized spacial score (nSPS) is 8.59. The van der Waals surface area contributed by atoms with E-state index in [1.165, 1.54) is 5.69 Å². The van der Waals surface area contributed by atoms with Gasteiger partial charge in [0.1, 0.15) is 0 Å². The molecule has 0 aliphatic rings. The lowest BCUT2D eigenvalue weighted by Gasteiger charge is -2.03. The van der Waals surface area contributed by atoms with Crippen LogP contribution in [0.1, 0.15) is 11.4 Å². The average molecular weight is 387 g/mol. The van der Waals surface area contributed by atoms with Gasteiger partial charge in [-0.1, -0.05) is 12.1 Å². The molecule has 2 heterocycles. The second-order valence-corrected chi connectivity index (χ2v) is 4.31. The Morgan fingerprint density at radius 2 is 1.73 bits per heavy atom. The van der Waals surface area contributed by atoms with Gasteiger partial charge in [0.15, 0.2) is 18.4 Å². The molecule has 0 aliphatic carbocycles. The third-order valence-electron chi connectivity index (χ3n) is 3.00. The first-order chi connectivity index (χ1) is 8.90. The number of pyridine rings is 2. The van der Waals surface area contributed by atoms with Crippen LogP contribution in [0.25, 0.3) is 0 Å². The molecule has 0 aromatic carbocycles. The van der Waals surface area contributed by atoms with E-state index < -0.39 is 0 Å². The Labute approximate surface area is 157 Å². The molecule has 2 rings (SSSR count). The fourth-order valence-corrected chi connectivity index (χ4v) is 1.99. The van der Waals surface area contributed by atoms with Crippen LogP contribution in [0.2, 0.25) is 0 Å². The third kappa shape index (κ3) is 8.76. The highest BCUT2D eigenvalue weighted by molar-refractivity contribution is 5.86. The van der Waals surface area contributed by atoms with E-state index in [-0.39, 0.29) is 49.6 Å². The van der Waals surface area contributed by atoms with Crippen LogP contribution < -0.4 is 22.3 Å². The Kier molecular flexibility index (Phi) is 18.3. The summed E-state index contributed by atoms with van der Waals surface area (Å²) < 4.78 is 2.31. The molecule has 0 saturated carbocycles. The molecule has 0 spiro atoms. The molecule has 7 heteroatoms. The van der Waals surface area contributed by atoms with Gasteiger partial charge in [-0.2, -0.15) is 0 Å². The van der Waals surface area contributed by atoms with Crippen molar-refractivity contribution in [2.75, 3.05) is 13.6 Å². The summed E-state index contributed by atoms with van der Waals surface area (Å²) in [7, 11) is 1.99. The van der Waals surface area contributed by atoms with Crippen molar-refractivity contribution >= 4 is 37.2 Å². The molecule has 2 aromatic heterocycles. The van der Waals surface area contributed by atoms with Crippen molar-refractivity contribution in [3.63, 3.8) is 0 Å². The first kappa shape index (κ1) is 26.3. The Hall–Kier alpha value is -0.580. The van der Waals surface area contributed by atoms with E-state index in [1.807, 2.05) is 25.4 Å². The van der Waals surface area contributed by atoms with E-state index in [1.54, 1.807) is 0 Å². The zero-order valence-electron chi connectivity index (χ0n) is 12.4. The standard InChI is InChI=1S/C15H20N3.4ClH/c1-16-11-8-15-7-3-5-12-18(15)13-9-14-6-2-4-10-17-14;;;;/h2-7,10,12,16H,8-9,11,13H2,1H3;4*1H/q+1;;;;/p-1. The first-order valence-corrected chi connectivity index (χ1v) is 6.42. The molecule has 0 fully saturated rings. The second-order valence-electron chi connectivity index (χ2n) is 4.31. The van der Waals surface area contributed by atoms with Crippen LogP contribution in [-0.4, -0.2) is 18.6 Å². The number of halogens is 4. The highest BCUT2D eigenvalue weighted by atomic mass is 35.5. The smallest absolute Gasteiger partial charge is 0.182 e. The maximum absolute atomic E-state index is 4.36. The molecule has 0 atom stereocenters. The van der Waals surface area contributed by atoms with Crippen molar-refractivity contribution < 1.29 is 17.0 Å². The van der Waals surface area contributed by atoms with E-state index in [9.17, 15) is 0 Å². The van der Waals surface area contributed by atoms with Gasteiger partial charge in [0, 0.05) is 43.4 Å². The summed E-state index contributed by atoms with van der Waals surface area (Å²) in [4.78, 5) is 4.36. The quantitative estimate of drug-likeness (QED) is 0.687. The van der Waals surface area contributed by atoms with Gasteiger partial charge < -0.3 is 17.7 Å². The van der Waals surface area contributed by atoms with Crippen molar-refractivity contribution in [3.8, 4) is 0 Å². The lowest BCUT2D eigenvalue weighted by atomic mass is 10.2. The molecule has 22 heavy (non-hydrogen) atoms. The highest BCUT2D eigenvalue weighted by Crippen LogP contribution is 1.97. The van der Waals surface area contributed by atoms with Crippen LogP contribution in [0.5, 0.6) is 0 Å². The van der Waals surface area contributed by atoms with Gasteiger partial charge in [-0.3, -0.25) is 4.98 Å². The Bertz CT molecular complexity index is 483. The summed E-state index contributed by atoms with van der Waals surface area (Å²) in [5.74, 6) is 0. The van der Waals surface area contributed by atoms with Crippen LogP contribution in [0.15, 0.2) is 48.8 Å². The summed E-state index contributed by atoms with van der Waals surface area (Å²) in [6.45, 7) is 1.99. The lowest BCUT2D eigenvalue weighted by molar-refractivity contribution is -0.703. The Morgan fingerprint density at radius 3 is 2.36 bits per heavy atom. The molecule has 1 N–H and O–H groups in total. The number of rotatable bonds is 6. The first-order valence-electron chi connectivity index (χ1n) is 6.42. The van der Waals surface area contributed by atoms with E-state index in [0.29, 0.717) is 0 Å². The highest BCUT2D eigenvalue weighted by Gasteiger charge is 2.09. The number of hydrogen-bond acceptors (Lipinski definition) is 2. The topological polar surface area (TPSA) is 28.8 Å². The van der Waals surface area contributed by atoms with Gasteiger partial charge in [-0.05, 0) is 19.2 Å². The van der Waals surface area contributed by atoms with Crippen molar-refractivity contribution in [1.82, 2.24) is 10.3 Å². The molecular formula is C15H23Cl4N3. The zero-order chi connectivity index (χ0) is 12.6. The van der Waals surface area contributed by atoms with Crippen molar-refractivity contribution in [3.05, 3.63) is 60.2 Å². The SMILES string of the molecule is CNCCc1cccc[n+]1CCc1ccccn1.Cl.Cl.Cl.[Cl-]. The van der Waals surface area contributed by atoms with Crippen LogP contribution in [0.3, 0.4) is 0 Å². The van der Waals surface area contributed by atoms with E-state index in [0.717, 1.165) is 31.6 Å². The predicted octanol–water partition coefficient (Wildman–Crippen LogP) is -0.357. The molecule has 0 unspecified atom stereocenters. The third-order valence-corrected chi connectivity index (χ3v) is 3.00. The van der Waals surface area contributed by atoms with Crippen LogP contribution in [0.4, 0.5) is 0 Å². The maximum Gasteiger partial charge on any atom is 0.182 e. The largest absolute Gasteiger partial charge is 1.00 e. The number of aromatic nitrogens is 2. The van der Waals surface area contributed by atoms with Crippen molar-refractivity contribution in [2.45, 2.75) is 19.4 Å². The van der Waals surface area contributed by atoms with Gasteiger partial charge in [0.25, 0.3) is 0 Å². The summed E-state index contributed by atoms with van der Waals surface area (Å²) in [6.07, 6.45) is 6.03. The molecular weight excluding hydrogens is 364 g/mol. The van der Waals surface area contributed by atoms with E-state index in [2.05, 4.69) is 45.3 Å². The number of hydrogen-bond donors (Lipinski definition) is 1. The molecule has 0 aliphatic heterocycles. The van der Waals surface area contributed by atoms with Crippen LogP contribution in [0, 0.1) is 0 Å². The average Bonchev–Trinajstić information content (AvgIpc) is 2.45. The monoisotopic (exact) mass is 385 g/mol. The predicted molar refractivity (Wildman–Crippen MR) is 94.0 cm³/mol. The van der Waals surface area contributed by atoms with Crippen molar-refractivity contribution in [2.24, 2.45) is 0 Å². The molecule has 126 valence electrons. The minimum Gasteiger partial charge on any atom is -1.00 e. The van der Waals surface area contributed by atoms with Gasteiger partial charge in [-0.25, -0.2) is 4.57 Å². The van der Waals surface area contributed by atoms with Gasteiger partial charge >= 0.3 is 0 Å². The number of nitrogens with zero attached hydrogens (tertiary/aromatic N) is 2. The van der Waals surface area contributed by atoms with Gasteiger partial charge in [-0.15, -0.1) is 37.2 Å². The lowest BCUT2D eigenvalue weighted by Crippen LogP contribution is -3.00. The summed E-state index contributed by atoms with van der Waals surface area (Å²) in [5, 5.41) is 3.19.